The van der Waals surface area contributed by atoms with Gasteiger partial charge in [-0.1, -0.05) is 6.07 Å². The number of amides is 3. The van der Waals surface area contributed by atoms with Gasteiger partial charge in [-0.25, -0.2) is 0 Å². The fourth-order valence-electron chi connectivity index (χ4n) is 5.90. The number of fused-ring (bicyclic) bond motifs is 4. The van der Waals surface area contributed by atoms with E-state index in [1.54, 1.807) is 4.90 Å². The van der Waals surface area contributed by atoms with E-state index in [4.69, 9.17) is 4.74 Å². The van der Waals surface area contributed by atoms with Crippen LogP contribution in [0, 0.1) is 5.92 Å². The molecule has 0 radical (unpaired) electrons. The highest BCUT2D eigenvalue weighted by Crippen LogP contribution is 2.49. The van der Waals surface area contributed by atoms with Gasteiger partial charge in [-0.15, -0.1) is 0 Å². The molecule has 164 valence electrons. The van der Waals surface area contributed by atoms with E-state index in [9.17, 15) is 14.4 Å². The third kappa shape index (κ3) is 2.99. The molecule has 0 bridgehead atoms. The predicted molar refractivity (Wildman–Crippen MR) is 112 cm³/mol. The first kappa shape index (κ1) is 19.3. The summed E-state index contributed by atoms with van der Waals surface area (Å²) in [5.41, 5.74) is 2.81. The molecule has 1 atom stereocenters. The maximum atomic E-state index is 13.1. The van der Waals surface area contributed by atoms with Crippen molar-refractivity contribution in [2.75, 3.05) is 39.3 Å². The maximum absolute atomic E-state index is 13.1. The minimum atomic E-state index is -0.590. The molecular formula is C23H28N4O4. The molecule has 5 heterocycles. The Hall–Kier alpha value is -2.45. The van der Waals surface area contributed by atoms with Gasteiger partial charge in [-0.05, 0) is 44.3 Å². The second-order valence-corrected chi connectivity index (χ2v) is 9.76. The molecular weight excluding hydrogens is 396 g/mol. The SMILES string of the molecule is O=C1CC[C@@H](N2Cc3c(ccc4c3OCC43CCN(CC4CNC4)CC3)C2=O)C(=O)N1. The maximum Gasteiger partial charge on any atom is 0.255 e. The molecule has 3 saturated heterocycles. The van der Waals surface area contributed by atoms with Crippen molar-refractivity contribution in [1.29, 1.82) is 0 Å². The Balaban J connectivity index is 1.22. The van der Waals surface area contributed by atoms with E-state index in [-0.39, 0.29) is 29.6 Å². The van der Waals surface area contributed by atoms with Gasteiger partial charge in [0.25, 0.3) is 5.91 Å². The summed E-state index contributed by atoms with van der Waals surface area (Å²) in [7, 11) is 0. The highest BCUT2D eigenvalue weighted by atomic mass is 16.5. The molecule has 8 nitrogen and oxygen atoms in total. The molecule has 2 N–H and O–H groups in total. The zero-order valence-electron chi connectivity index (χ0n) is 17.6. The number of imide groups is 1. The Morgan fingerprint density at radius 1 is 1.13 bits per heavy atom. The van der Waals surface area contributed by atoms with E-state index in [0.29, 0.717) is 25.1 Å². The summed E-state index contributed by atoms with van der Waals surface area (Å²) in [6.07, 6.45) is 2.79. The first-order valence-corrected chi connectivity index (χ1v) is 11.4. The number of ether oxygens (including phenoxy) is 1. The van der Waals surface area contributed by atoms with Crippen molar-refractivity contribution in [2.24, 2.45) is 5.92 Å². The molecule has 0 aromatic heterocycles. The molecule has 0 saturated carbocycles. The first-order valence-electron chi connectivity index (χ1n) is 11.4. The zero-order chi connectivity index (χ0) is 21.2. The van der Waals surface area contributed by atoms with Crippen LogP contribution in [0.4, 0.5) is 0 Å². The number of nitrogens with zero attached hydrogens (tertiary/aromatic N) is 2. The van der Waals surface area contributed by atoms with E-state index in [0.717, 1.165) is 56.3 Å². The summed E-state index contributed by atoms with van der Waals surface area (Å²) in [5.74, 6) is 0.865. The minimum Gasteiger partial charge on any atom is -0.492 e. The highest BCUT2D eigenvalue weighted by molar-refractivity contribution is 6.05. The lowest BCUT2D eigenvalue weighted by atomic mass is 9.73. The van der Waals surface area contributed by atoms with Gasteiger partial charge in [0.1, 0.15) is 11.8 Å². The Kier molecular flexibility index (Phi) is 4.37. The molecule has 5 aliphatic rings. The molecule has 0 aliphatic carbocycles. The largest absolute Gasteiger partial charge is 0.492 e. The van der Waals surface area contributed by atoms with Crippen LogP contribution in [-0.4, -0.2) is 72.9 Å². The lowest BCUT2D eigenvalue weighted by molar-refractivity contribution is -0.136. The first-order chi connectivity index (χ1) is 15.0. The number of benzene rings is 1. The Labute approximate surface area is 181 Å². The van der Waals surface area contributed by atoms with Gasteiger partial charge in [-0.3, -0.25) is 19.7 Å². The van der Waals surface area contributed by atoms with Gasteiger partial charge < -0.3 is 19.9 Å². The Morgan fingerprint density at radius 3 is 2.65 bits per heavy atom. The van der Waals surface area contributed by atoms with Crippen LogP contribution in [0.15, 0.2) is 12.1 Å². The molecule has 0 unspecified atom stereocenters. The van der Waals surface area contributed by atoms with Crippen LogP contribution in [0.25, 0.3) is 0 Å². The molecule has 3 amide bonds. The summed E-state index contributed by atoms with van der Waals surface area (Å²) in [4.78, 5) is 41.1. The topological polar surface area (TPSA) is 91.0 Å². The zero-order valence-corrected chi connectivity index (χ0v) is 17.6. The third-order valence-electron chi connectivity index (χ3n) is 7.93. The van der Waals surface area contributed by atoms with Crippen LogP contribution in [0.1, 0.15) is 47.2 Å². The third-order valence-corrected chi connectivity index (χ3v) is 7.93. The van der Waals surface area contributed by atoms with Gasteiger partial charge in [0.05, 0.1) is 13.2 Å². The van der Waals surface area contributed by atoms with Crippen molar-refractivity contribution in [1.82, 2.24) is 20.4 Å². The van der Waals surface area contributed by atoms with Crippen molar-refractivity contribution < 1.29 is 19.1 Å². The number of likely N-dealkylation sites (tertiary alicyclic amines) is 1. The summed E-state index contributed by atoms with van der Waals surface area (Å²) in [6.45, 7) is 6.66. The molecule has 6 rings (SSSR count). The average molecular weight is 425 g/mol. The van der Waals surface area contributed by atoms with Crippen LogP contribution < -0.4 is 15.4 Å². The fraction of sp³-hybridized carbons (Fsp3) is 0.609. The fourth-order valence-corrected chi connectivity index (χ4v) is 5.90. The predicted octanol–water partition coefficient (Wildman–Crippen LogP) is 0.393. The quantitative estimate of drug-likeness (QED) is 0.683. The normalized spacial score (nSPS) is 27.7. The van der Waals surface area contributed by atoms with Crippen LogP contribution in [0.3, 0.4) is 0 Å². The molecule has 3 fully saturated rings. The lowest BCUT2D eigenvalue weighted by Gasteiger charge is -2.41. The Bertz CT molecular complexity index is 965. The molecule has 1 aromatic carbocycles. The smallest absolute Gasteiger partial charge is 0.255 e. The summed E-state index contributed by atoms with van der Waals surface area (Å²) >= 11 is 0. The number of hydrogen-bond acceptors (Lipinski definition) is 6. The standard InChI is InChI=1S/C23H28N4O4/c28-19-4-3-18(21(29)25-19)27-12-16-15(22(27)30)1-2-17-20(16)31-13-23(17)5-7-26(8-6-23)11-14-9-24-10-14/h1-2,14,18,24H,3-13H2,(H,25,28,29)/t18-/m1/s1. The second kappa shape index (κ2) is 7.03. The van der Waals surface area contributed by atoms with Gasteiger partial charge in [0.2, 0.25) is 11.8 Å². The van der Waals surface area contributed by atoms with Crippen molar-refractivity contribution in [2.45, 2.75) is 43.7 Å². The number of carbonyl (C=O) groups is 3. The van der Waals surface area contributed by atoms with E-state index in [2.05, 4.69) is 21.6 Å². The highest BCUT2D eigenvalue weighted by Gasteiger charge is 2.47. The number of nitrogens with one attached hydrogen (secondary N) is 2. The van der Waals surface area contributed by atoms with Gasteiger partial charge in [-0.2, -0.15) is 0 Å². The average Bonchev–Trinajstić information content (AvgIpc) is 3.25. The second-order valence-electron chi connectivity index (χ2n) is 9.76. The van der Waals surface area contributed by atoms with Crippen LogP contribution in [0.5, 0.6) is 5.75 Å². The van der Waals surface area contributed by atoms with E-state index in [1.165, 1.54) is 12.1 Å². The summed E-state index contributed by atoms with van der Waals surface area (Å²) in [6, 6.07) is 3.41. The number of piperidine rings is 2. The van der Waals surface area contributed by atoms with Gasteiger partial charge in [0, 0.05) is 48.2 Å². The number of hydrogen-bond donors (Lipinski definition) is 2. The molecule has 31 heavy (non-hydrogen) atoms. The minimum absolute atomic E-state index is 0.0316. The van der Waals surface area contributed by atoms with Crippen molar-refractivity contribution >= 4 is 17.7 Å². The number of carbonyl (C=O) groups excluding carboxylic acids is 3. The Morgan fingerprint density at radius 2 is 1.94 bits per heavy atom. The van der Waals surface area contributed by atoms with E-state index >= 15 is 0 Å². The summed E-state index contributed by atoms with van der Waals surface area (Å²) in [5, 5.41) is 5.72. The molecule has 5 aliphatic heterocycles. The van der Waals surface area contributed by atoms with Gasteiger partial charge in [0.15, 0.2) is 0 Å². The molecule has 8 heteroatoms. The molecule has 1 aromatic rings. The summed E-state index contributed by atoms with van der Waals surface area (Å²) < 4.78 is 6.25. The number of rotatable bonds is 3. The van der Waals surface area contributed by atoms with Gasteiger partial charge >= 0.3 is 0 Å². The van der Waals surface area contributed by atoms with Crippen LogP contribution >= 0.6 is 0 Å². The van der Waals surface area contributed by atoms with E-state index in [1.807, 2.05) is 6.07 Å². The van der Waals surface area contributed by atoms with Crippen LogP contribution in [-0.2, 0) is 21.5 Å². The van der Waals surface area contributed by atoms with Crippen molar-refractivity contribution in [3.8, 4) is 5.75 Å². The monoisotopic (exact) mass is 424 g/mol. The van der Waals surface area contributed by atoms with E-state index < -0.39 is 6.04 Å². The van der Waals surface area contributed by atoms with Crippen LogP contribution in [0.2, 0.25) is 0 Å². The van der Waals surface area contributed by atoms with Crippen molar-refractivity contribution in [3.63, 3.8) is 0 Å². The lowest BCUT2D eigenvalue weighted by Crippen LogP contribution is -2.52. The van der Waals surface area contributed by atoms with Crippen molar-refractivity contribution in [3.05, 3.63) is 28.8 Å². The molecule has 1 spiro atoms.